The number of amides is 1. The van der Waals surface area contributed by atoms with Gasteiger partial charge in [-0.15, -0.1) is 0 Å². The predicted molar refractivity (Wildman–Crippen MR) is 101 cm³/mol. The van der Waals surface area contributed by atoms with Crippen molar-refractivity contribution in [1.82, 2.24) is 4.72 Å². The lowest BCUT2D eigenvalue weighted by Crippen LogP contribution is -2.29. The van der Waals surface area contributed by atoms with E-state index in [4.69, 9.17) is 23.2 Å². The summed E-state index contributed by atoms with van der Waals surface area (Å²) in [6.07, 6.45) is 0.807. The smallest absolute Gasteiger partial charge is 0.264 e. The van der Waals surface area contributed by atoms with Gasteiger partial charge in [-0.25, -0.2) is 21.6 Å². The highest BCUT2D eigenvalue weighted by Gasteiger charge is 2.21. The molecule has 0 fully saturated rings. The molecule has 0 atom stereocenters. The van der Waals surface area contributed by atoms with Gasteiger partial charge in [0, 0.05) is 10.6 Å². The first-order valence-corrected chi connectivity index (χ1v) is 11.1. The molecule has 26 heavy (non-hydrogen) atoms. The van der Waals surface area contributed by atoms with Crippen LogP contribution in [0.15, 0.2) is 41.3 Å². The molecule has 0 aliphatic heterocycles. The maximum atomic E-state index is 12.6. The number of anilines is 1. The van der Waals surface area contributed by atoms with E-state index in [1.54, 1.807) is 17.7 Å². The van der Waals surface area contributed by atoms with Crippen LogP contribution in [0.4, 0.5) is 5.69 Å². The van der Waals surface area contributed by atoms with Crippen LogP contribution < -0.4 is 9.44 Å². The zero-order valence-corrected chi connectivity index (χ0v) is 16.7. The predicted octanol–water partition coefficient (Wildman–Crippen LogP) is 2.79. The Balaban J connectivity index is 2.40. The summed E-state index contributed by atoms with van der Waals surface area (Å²) in [7, 11) is -7.94. The Morgan fingerprint density at radius 2 is 1.62 bits per heavy atom. The number of carbonyl (C=O) groups excluding carboxylic acids is 1. The van der Waals surface area contributed by atoms with E-state index in [1.165, 1.54) is 24.3 Å². The first-order valence-electron chi connectivity index (χ1n) is 7.00. The van der Waals surface area contributed by atoms with Crippen LogP contribution in [0, 0.1) is 6.92 Å². The molecular weight excluding hydrogens is 423 g/mol. The Morgan fingerprint density at radius 3 is 2.19 bits per heavy atom. The normalized spacial score (nSPS) is 11.8. The van der Waals surface area contributed by atoms with Gasteiger partial charge in [-0.2, -0.15) is 0 Å². The van der Waals surface area contributed by atoms with Crippen molar-refractivity contribution in [3.05, 3.63) is 57.6 Å². The number of hydrogen-bond donors (Lipinski definition) is 2. The fourth-order valence-electron chi connectivity index (χ4n) is 1.94. The van der Waals surface area contributed by atoms with Crippen LogP contribution in [0.1, 0.15) is 15.9 Å². The van der Waals surface area contributed by atoms with Crippen LogP contribution in [0.5, 0.6) is 0 Å². The summed E-state index contributed by atoms with van der Waals surface area (Å²) in [4.78, 5) is 11.5. The van der Waals surface area contributed by atoms with E-state index in [1.807, 2.05) is 0 Å². The van der Waals surface area contributed by atoms with Crippen molar-refractivity contribution in [2.24, 2.45) is 0 Å². The monoisotopic (exact) mass is 436 g/mol. The Kier molecular flexibility index (Phi) is 5.86. The number of sulfonamides is 2. The van der Waals surface area contributed by atoms with Gasteiger partial charge in [0.05, 0.1) is 17.0 Å². The molecule has 2 aromatic carbocycles. The quantitative estimate of drug-likeness (QED) is 0.748. The van der Waals surface area contributed by atoms with E-state index in [2.05, 4.69) is 4.72 Å². The third kappa shape index (κ3) is 5.10. The van der Waals surface area contributed by atoms with E-state index in [0.29, 0.717) is 5.02 Å². The van der Waals surface area contributed by atoms with E-state index < -0.39 is 26.0 Å². The van der Waals surface area contributed by atoms with Gasteiger partial charge in [0.25, 0.3) is 15.9 Å². The molecule has 0 spiro atoms. The summed E-state index contributed by atoms with van der Waals surface area (Å²) in [6.45, 7) is 1.77. The van der Waals surface area contributed by atoms with Crippen LogP contribution in [-0.4, -0.2) is 29.0 Å². The zero-order valence-electron chi connectivity index (χ0n) is 13.6. The first kappa shape index (κ1) is 20.5. The lowest BCUT2D eigenvalue weighted by atomic mass is 10.2. The molecular formula is C15H14Cl2N2O5S2. The van der Waals surface area contributed by atoms with E-state index in [9.17, 15) is 21.6 Å². The summed E-state index contributed by atoms with van der Waals surface area (Å²) in [5.74, 6) is -0.973. The number of hydrogen-bond acceptors (Lipinski definition) is 5. The SMILES string of the molecule is Cc1ccc(NS(=O)(=O)c2cc(C(=O)NS(C)(=O)=O)ccc2Cl)cc1Cl. The minimum atomic E-state index is -4.14. The van der Waals surface area contributed by atoms with Crippen molar-refractivity contribution < 1.29 is 21.6 Å². The van der Waals surface area contributed by atoms with Gasteiger partial charge in [0.15, 0.2) is 0 Å². The van der Waals surface area contributed by atoms with Crippen LogP contribution in [-0.2, 0) is 20.0 Å². The highest BCUT2D eigenvalue weighted by atomic mass is 35.5. The van der Waals surface area contributed by atoms with Gasteiger partial charge >= 0.3 is 0 Å². The third-order valence-corrected chi connectivity index (χ3v) is 6.01. The van der Waals surface area contributed by atoms with Crippen LogP contribution >= 0.6 is 23.2 Å². The van der Waals surface area contributed by atoms with Crippen molar-refractivity contribution in [2.75, 3.05) is 11.0 Å². The fraction of sp³-hybridized carbons (Fsp3) is 0.133. The average molecular weight is 437 g/mol. The Hall–Kier alpha value is -1.81. The Labute approximate surface area is 161 Å². The molecule has 0 bridgehead atoms. The molecule has 0 unspecified atom stereocenters. The van der Waals surface area contributed by atoms with Gasteiger partial charge in [0.1, 0.15) is 4.90 Å². The number of nitrogens with one attached hydrogen (secondary N) is 2. The highest BCUT2D eigenvalue weighted by Crippen LogP contribution is 2.27. The summed E-state index contributed by atoms with van der Waals surface area (Å²) >= 11 is 11.9. The van der Waals surface area contributed by atoms with Crippen molar-refractivity contribution in [2.45, 2.75) is 11.8 Å². The van der Waals surface area contributed by atoms with E-state index in [0.717, 1.165) is 17.9 Å². The number of carbonyl (C=O) groups is 1. The topological polar surface area (TPSA) is 109 Å². The molecule has 0 saturated heterocycles. The molecule has 2 rings (SSSR count). The number of aryl methyl sites for hydroxylation is 1. The lowest BCUT2D eigenvalue weighted by Gasteiger charge is -2.12. The lowest BCUT2D eigenvalue weighted by molar-refractivity contribution is 0.0981. The maximum Gasteiger partial charge on any atom is 0.264 e. The first-order chi connectivity index (χ1) is 11.9. The van der Waals surface area contributed by atoms with Crippen molar-refractivity contribution in [3.8, 4) is 0 Å². The average Bonchev–Trinajstić information content (AvgIpc) is 2.49. The molecule has 2 aromatic rings. The highest BCUT2D eigenvalue weighted by molar-refractivity contribution is 7.92. The van der Waals surface area contributed by atoms with E-state index >= 15 is 0 Å². The van der Waals surface area contributed by atoms with Gasteiger partial charge in [0.2, 0.25) is 10.0 Å². The number of rotatable bonds is 5. The van der Waals surface area contributed by atoms with Crippen molar-refractivity contribution in [1.29, 1.82) is 0 Å². The van der Waals surface area contributed by atoms with Gasteiger partial charge in [-0.1, -0.05) is 29.3 Å². The van der Waals surface area contributed by atoms with Gasteiger partial charge in [-0.05, 0) is 42.8 Å². The largest absolute Gasteiger partial charge is 0.280 e. The van der Waals surface area contributed by atoms with Gasteiger partial charge < -0.3 is 0 Å². The molecule has 11 heteroatoms. The number of halogens is 2. The third-order valence-electron chi connectivity index (χ3n) is 3.19. The summed E-state index contributed by atoms with van der Waals surface area (Å²) in [5, 5.41) is 0.240. The zero-order chi connectivity index (χ0) is 19.7. The van der Waals surface area contributed by atoms with Gasteiger partial charge in [-0.3, -0.25) is 9.52 Å². The molecule has 1 amide bonds. The van der Waals surface area contributed by atoms with Crippen LogP contribution in [0.3, 0.4) is 0 Å². The Morgan fingerprint density at radius 1 is 0.962 bits per heavy atom. The van der Waals surface area contributed by atoms with Crippen molar-refractivity contribution >= 4 is 54.8 Å². The fourth-order valence-corrected chi connectivity index (χ4v) is 4.16. The second-order valence-electron chi connectivity index (χ2n) is 5.42. The van der Waals surface area contributed by atoms with Crippen molar-refractivity contribution in [3.63, 3.8) is 0 Å². The molecule has 0 radical (unpaired) electrons. The standard InChI is InChI=1S/C15H14Cl2N2O5S2/c1-9-3-5-11(8-13(9)17)18-26(23,24)14-7-10(4-6-12(14)16)15(20)19-25(2,21)22/h3-8,18H,1-2H3,(H,19,20). The molecule has 0 aliphatic carbocycles. The van der Waals surface area contributed by atoms with Crippen LogP contribution in [0.25, 0.3) is 0 Å². The minimum absolute atomic E-state index is 0.133. The molecule has 0 heterocycles. The maximum absolute atomic E-state index is 12.6. The summed E-state index contributed by atoms with van der Waals surface area (Å²) in [6, 6.07) is 7.98. The van der Waals surface area contributed by atoms with Crippen LogP contribution in [0.2, 0.25) is 10.0 Å². The summed E-state index contributed by atoms with van der Waals surface area (Å²) in [5.41, 5.74) is 0.803. The molecule has 140 valence electrons. The molecule has 0 aliphatic rings. The van der Waals surface area contributed by atoms with E-state index in [-0.39, 0.29) is 21.2 Å². The number of benzene rings is 2. The molecule has 7 nitrogen and oxygen atoms in total. The molecule has 2 N–H and O–H groups in total. The minimum Gasteiger partial charge on any atom is -0.280 e. The molecule has 0 aromatic heterocycles. The second kappa shape index (κ2) is 7.43. The second-order valence-corrected chi connectivity index (χ2v) is 9.63. The summed E-state index contributed by atoms with van der Waals surface area (Å²) < 4.78 is 51.6. The molecule has 0 saturated carbocycles. The Bertz CT molecular complexity index is 1080.